The summed E-state index contributed by atoms with van der Waals surface area (Å²) in [5, 5.41) is 2.98. The summed E-state index contributed by atoms with van der Waals surface area (Å²) in [4.78, 5) is 28.7. The smallest absolute Gasteiger partial charge is 0.270 e. The van der Waals surface area contributed by atoms with Gasteiger partial charge in [0, 0.05) is 25.0 Å². The van der Waals surface area contributed by atoms with Gasteiger partial charge in [0.15, 0.2) is 0 Å². The fourth-order valence-electron chi connectivity index (χ4n) is 3.58. The van der Waals surface area contributed by atoms with E-state index < -0.39 is 0 Å². The topological polar surface area (TPSA) is 75.4 Å². The molecule has 0 radical (unpaired) electrons. The molecule has 0 spiro atoms. The average Bonchev–Trinajstić information content (AvgIpc) is 3.02. The van der Waals surface area contributed by atoms with Gasteiger partial charge < -0.3 is 10.2 Å². The van der Waals surface area contributed by atoms with Crippen LogP contribution in [0.5, 0.6) is 0 Å². The van der Waals surface area contributed by atoms with Crippen LogP contribution in [-0.2, 0) is 6.54 Å². The van der Waals surface area contributed by atoms with E-state index in [0.29, 0.717) is 17.9 Å². The minimum Gasteiger partial charge on any atom is -0.345 e. The van der Waals surface area contributed by atoms with Gasteiger partial charge in [-0.3, -0.25) is 9.20 Å². The Labute approximate surface area is 158 Å². The van der Waals surface area contributed by atoms with Crippen molar-refractivity contribution in [1.29, 1.82) is 0 Å². The molecule has 1 N–H and O–H groups in total. The lowest BCUT2D eigenvalue weighted by Gasteiger charge is -2.27. The molecular weight excluding hydrogens is 340 g/mol. The summed E-state index contributed by atoms with van der Waals surface area (Å²) < 4.78 is 1.81. The van der Waals surface area contributed by atoms with Crippen molar-refractivity contribution < 1.29 is 4.79 Å². The molecule has 0 aromatic carbocycles. The maximum atomic E-state index is 12.8. The molecule has 1 aliphatic heterocycles. The molecule has 140 valence electrons. The summed E-state index contributed by atoms with van der Waals surface area (Å²) in [5.74, 6) is 0.618. The number of amides is 1. The molecule has 3 aromatic rings. The SMILES string of the molecule is Cc1cc(CNC(=O)c2c(C)nc3ccccn23)nc(N2CCCCC2)n1. The molecule has 1 aliphatic rings. The van der Waals surface area contributed by atoms with Crippen molar-refractivity contribution in [2.45, 2.75) is 39.7 Å². The summed E-state index contributed by atoms with van der Waals surface area (Å²) >= 11 is 0. The van der Waals surface area contributed by atoms with Crippen LogP contribution in [0.25, 0.3) is 5.65 Å². The fourth-order valence-corrected chi connectivity index (χ4v) is 3.58. The van der Waals surface area contributed by atoms with E-state index in [9.17, 15) is 4.79 Å². The second-order valence-electron chi connectivity index (χ2n) is 7.01. The van der Waals surface area contributed by atoms with Gasteiger partial charge in [0.1, 0.15) is 11.3 Å². The highest BCUT2D eigenvalue weighted by molar-refractivity contribution is 5.94. The normalized spacial score (nSPS) is 14.5. The van der Waals surface area contributed by atoms with Crippen molar-refractivity contribution in [1.82, 2.24) is 24.7 Å². The third-order valence-corrected chi connectivity index (χ3v) is 4.88. The van der Waals surface area contributed by atoms with Gasteiger partial charge in [0.25, 0.3) is 5.91 Å². The fraction of sp³-hybridized carbons (Fsp3) is 0.400. The number of hydrogen-bond donors (Lipinski definition) is 1. The van der Waals surface area contributed by atoms with E-state index in [4.69, 9.17) is 0 Å². The van der Waals surface area contributed by atoms with Crippen LogP contribution in [0.15, 0.2) is 30.5 Å². The third-order valence-electron chi connectivity index (χ3n) is 4.88. The van der Waals surface area contributed by atoms with Gasteiger partial charge in [-0.25, -0.2) is 15.0 Å². The number of nitrogens with one attached hydrogen (secondary N) is 1. The van der Waals surface area contributed by atoms with Crippen LogP contribution in [0.4, 0.5) is 5.95 Å². The van der Waals surface area contributed by atoms with Crippen molar-refractivity contribution in [2.75, 3.05) is 18.0 Å². The number of nitrogens with zero attached hydrogens (tertiary/aromatic N) is 5. The highest BCUT2D eigenvalue weighted by Crippen LogP contribution is 2.17. The Hall–Kier alpha value is -2.96. The molecule has 0 saturated carbocycles. The molecule has 4 heterocycles. The summed E-state index contributed by atoms with van der Waals surface area (Å²) in [6, 6.07) is 7.62. The number of piperidine rings is 1. The number of aryl methyl sites for hydroxylation is 2. The Morgan fingerprint density at radius 1 is 1.11 bits per heavy atom. The number of anilines is 1. The van der Waals surface area contributed by atoms with Gasteiger partial charge in [-0.15, -0.1) is 0 Å². The Kier molecular flexibility index (Phi) is 4.75. The minimum absolute atomic E-state index is 0.151. The first-order chi connectivity index (χ1) is 13.1. The molecule has 0 atom stereocenters. The zero-order valence-electron chi connectivity index (χ0n) is 15.8. The number of hydrogen-bond acceptors (Lipinski definition) is 5. The van der Waals surface area contributed by atoms with Gasteiger partial charge in [0.05, 0.1) is 17.9 Å². The summed E-state index contributed by atoms with van der Waals surface area (Å²) in [6.45, 7) is 6.18. The number of rotatable bonds is 4. The molecule has 3 aromatic heterocycles. The van der Waals surface area contributed by atoms with Gasteiger partial charge in [-0.1, -0.05) is 6.07 Å². The minimum atomic E-state index is -0.151. The van der Waals surface area contributed by atoms with Gasteiger partial charge in [-0.05, 0) is 51.3 Å². The van der Waals surface area contributed by atoms with E-state index in [0.717, 1.165) is 36.1 Å². The summed E-state index contributed by atoms with van der Waals surface area (Å²) in [5.41, 5.74) is 3.79. The van der Waals surface area contributed by atoms with Gasteiger partial charge >= 0.3 is 0 Å². The number of imidazole rings is 1. The lowest BCUT2D eigenvalue weighted by molar-refractivity contribution is 0.0944. The Morgan fingerprint density at radius 3 is 2.74 bits per heavy atom. The number of aromatic nitrogens is 4. The molecule has 7 heteroatoms. The van der Waals surface area contributed by atoms with Crippen LogP contribution in [0, 0.1) is 13.8 Å². The third kappa shape index (κ3) is 3.63. The standard InChI is InChI=1S/C20H24N6O/c1-14-12-16(24-20(22-14)25-9-5-3-6-10-25)13-21-19(27)18-15(2)23-17-8-4-7-11-26(17)18/h4,7-8,11-12H,3,5-6,9-10,13H2,1-2H3,(H,21,27). The van der Waals surface area contributed by atoms with Crippen molar-refractivity contribution in [2.24, 2.45) is 0 Å². The van der Waals surface area contributed by atoms with Crippen LogP contribution in [0.1, 0.15) is 46.8 Å². The van der Waals surface area contributed by atoms with Crippen LogP contribution >= 0.6 is 0 Å². The second kappa shape index (κ2) is 7.34. The number of carbonyl (C=O) groups is 1. The molecule has 1 fully saturated rings. The molecule has 1 saturated heterocycles. The van der Waals surface area contributed by atoms with Crippen molar-refractivity contribution in [3.05, 3.63) is 53.2 Å². The Morgan fingerprint density at radius 2 is 1.93 bits per heavy atom. The van der Waals surface area contributed by atoms with E-state index >= 15 is 0 Å². The molecule has 0 unspecified atom stereocenters. The van der Waals surface area contributed by atoms with E-state index in [1.807, 2.05) is 48.7 Å². The molecule has 1 amide bonds. The van der Waals surface area contributed by atoms with E-state index in [1.165, 1.54) is 19.3 Å². The number of fused-ring (bicyclic) bond motifs is 1. The van der Waals surface area contributed by atoms with E-state index in [1.54, 1.807) is 0 Å². The lowest BCUT2D eigenvalue weighted by atomic mass is 10.1. The van der Waals surface area contributed by atoms with Gasteiger partial charge in [-0.2, -0.15) is 0 Å². The number of carbonyl (C=O) groups excluding carboxylic acids is 1. The maximum absolute atomic E-state index is 12.8. The predicted molar refractivity (Wildman–Crippen MR) is 104 cm³/mol. The zero-order valence-corrected chi connectivity index (χ0v) is 15.8. The Balaban J connectivity index is 1.52. The van der Waals surface area contributed by atoms with Crippen molar-refractivity contribution in [3.8, 4) is 0 Å². The first kappa shape index (κ1) is 17.5. The second-order valence-corrected chi connectivity index (χ2v) is 7.01. The summed E-state index contributed by atoms with van der Waals surface area (Å²) in [7, 11) is 0. The number of pyridine rings is 1. The van der Waals surface area contributed by atoms with Crippen LogP contribution in [0.3, 0.4) is 0 Å². The first-order valence-electron chi connectivity index (χ1n) is 9.43. The van der Waals surface area contributed by atoms with Crippen molar-refractivity contribution >= 4 is 17.5 Å². The molecule has 7 nitrogen and oxygen atoms in total. The molecule has 27 heavy (non-hydrogen) atoms. The maximum Gasteiger partial charge on any atom is 0.270 e. The quantitative estimate of drug-likeness (QED) is 0.770. The first-order valence-corrected chi connectivity index (χ1v) is 9.43. The predicted octanol–water partition coefficient (Wildman–Crippen LogP) is 2.66. The van der Waals surface area contributed by atoms with Crippen LogP contribution in [0.2, 0.25) is 0 Å². The van der Waals surface area contributed by atoms with Gasteiger partial charge in [0.2, 0.25) is 5.95 Å². The van der Waals surface area contributed by atoms with E-state index in [-0.39, 0.29) is 5.91 Å². The lowest BCUT2D eigenvalue weighted by Crippen LogP contribution is -2.32. The van der Waals surface area contributed by atoms with E-state index in [2.05, 4.69) is 25.2 Å². The van der Waals surface area contributed by atoms with Crippen LogP contribution in [-0.4, -0.2) is 38.3 Å². The zero-order chi connectivity index (χ0) is 18.8. The Bertz CT molecular complexity index is 974. The van der Waals surface area contributed by atoms with Crippen molar-refractivity contribution in [3.63, 3.8) is 0 Å². The highest BCUT2D eigenvalue weighted by atomic mass is 16.1. The molecular formula is C20H24N6O. The molecule has 4 rings (SSSR count). The molecule has 0 bridgehead atoms. The molecule has 0 aliphatic carbocycles. The highest BCUT2D eigenvalue weighted by Gasteiger charge is 2.18. The summed E-state index contributed by atoms with van der Waals surface area (Å²) in [6.07, 6.45) is 5.48. The average molecular weight is 364 g/mol. The monoisotopic (exact) mass is 364 g/mol. The van der Waals surface area contributed by atoms with Crippen LogP contribution < -0.4 is 10.2 Å². The largest absolute Gasteiger partial charge is 0.345 e.